The number of benzene rings is 1. The molecule has 0 aliphatic rings. The summed E-state index contributed by atoms with van der Waals surface area (Å²) in [6.07, 6.45) is 0. The number of nitrogens with zero attached hydrogens (tertiary/aromatic N) is 2. The SMILES string of the molecule is CCS(=O)(=O)c1cc(=O)n(CC(=O)O)nc1-c1ccccc1. The summed E-state index contributed by atoms with van der Waals surface area (Å²) in [6.45, 7) is 0.831. The summed E-state index contributed by atoms with van der Waals surface area (Å²) in [6, 6.07) is 9.37. The minimum atomic E-state index is -3.67. The van der Waals surface area contributed by atoms with Crippen LogP contribution in [0.3, 0.4) is 0 Å². The molecule has 0 fully saturated rings. The van der Waals surface area contributed by atoms with E-state index >= 15 is 0 Å². The van der Waals surface area contributed by atoms with Crippen molar-refractivity contribution < 1.29 is 18.3 Å². The van der Waals surface area contributed by atoms with Crippen LogP contribution >= 0.6 is 0 Å². The Morgan fingerprint density at radius 3 is 2.45 bits per heavy atom. The molecule has 1 heterocycles. The van der Waals surface area contributed by atoms with Gasteiger partial charge in [-0.25, -0.2) is 13.1 Å². The van der Waals surface area contributed by atoms with Crippen LogP contribution < -0.4 is 5.56 Å². The maximum absolute atomic E-state index is 12.2. The normalized spacial score (nSPS) is 11.3. The fraction of sp³-hybridized carbons (Fsp3) is 0.214. The minimum Gasteiger partial charge on any atom is -0.480 e. The average molecular weight is 322 g/mol. The predicted molar refractivity (Wildman–Crippen MR) is 79.3 cm³/mol. The van der Waals surface area contributed by atoms with E-state index in [4.69, 9.17) is 5.11 Å². The fourth-order valence-corrected chi connectivity index (χ4v) is 2.95. The predicted octanol–water partition coefficient (Wildman–Crippen LogP) is 0.788. The van der Waals surface area contributed by atoms with Crippen molar-refractivity contribution in [3.8, 4) is 11.3 Å². The molecule has 0 atom stereocenters. The second-order valence-electron chi connectivity index (χ2n) is 4.52. The van der Waals surface area contributed by atoms with E-state index in [-0.39, 0.29) is 16.3 Å². The quantitative estimate of drug-likeness (QED) is 0.872. The Bertz CT molecular complexity index is 857. The van der Waals surface area contributed by atoms with E-state index in [1.807, 2.05) is 0 Å². The molecule has 7 nitrogen and oxygen atoms in total. The van der Waals surface area contributed by atoms with Gasteiger partial charge in [0.25, 0.3) is 5.56 Å². The van der Waals surface area contributed by atoms with Gasteiger partial charge in [-0.05, 0) is 0 Å². The lowest BCUT2D eigenvalue weighted by Gasteiger charge is -2.11. The molecular weight excluding hydrogens is 308 g/mol. The van der Waals surface area contributed by atoms with Gasteiger partial charge in [0.15, 0.2) is 9.84 Å². The highest BCUT2D eigenvalue weighted by Gasteiger charge is 2.22. The maximum Gasteiger partial charge on any atom is 0.325 e. The molecule has 0 spiro atoms. The van der Waals surface area contributed by atoms with Gasteiger partial charge in [-0.15, -0.1) is 0 Å². The summed E-state index contributed by atoms with van der Waals surface area (Å²) in [5, 5.41) is 12.8. The third kappa shape index (κ3) is 3.22. The summed E-state index contributed by atoms with van der Waals surface area (Å²) in [5.41, 5.74) is -0.203. The van der Waals surface area contributed by atoms with Crippen LogP contribution in [-0.4, -0.2) is 35.0 Å². The Labute approximate surface area is 126 Å². The number of aliphatic carboxylic acids is 1. The average Bonchev–Trinajstić information content (AvgIpc) is 2.49. The Morgan fingerprint density at radius 1 is 1.27 bits per heavy atom. The van der Waals surface area contributed by atoms with Gasteiger partial charge < -0.3 is 5.11 Å². The van der Waals surface area contributed by atoms with E-state index in [0.29, 0.717) is 5.56 Å². The van der Waals surface area contributed by atoms with Gasteiger partial charge in [0.05, 0.1) is 5.75 Å². The number of carbonyl (C=O) groups is 1. The van der Waals surface area contributed by atoms with Gasteiger partial charge in [0.2, 0.25) is 0 Å². The topological polar surface area (TPSA) is 106 Å². The van der Waals surface area contributed by atoms with Gasteiger partial charge in [-0.2, -0.15) is 5.10 Å². The molecule has 0 saturated carbocycles. The minimum absolute atomic E-state index is 0.0725. The second kappa shape index (κ2) is 6.10. The number of rotatable bonds is 5. The van der Waals surface area contributed by atoms with Crippen LogP contribution in [0.15, 0.2) is 46.1 Å². The van der Waals surface area contributed by atoms with E-state index < -0.39 is 27.9 Å². The first-order valence-corrected chi connectivity index (χ1v) is 8.12. The van der Waals surface area contributed by atoms with Gasteiger partial charge in [0.1, 0.15) is 17.1 Å². The van der Waals surface area contributed by atoms with E-state index in [9.17, 15) is 18.0 Å². The fourth-order valence-electron chi connectivity index (χ4n) is 1.90. The number of sulfone groups is 1. The molecule has 2 aromatic rings. The first-order chi connectivity index (χ1) is 10.3. The molecule has 2 rings (SSSR count). The molecule has 1 aromatic carbocycles. The van der Waals surface area contributed by atoms with E-state index in [2.05, 4.69) is 5.10 Å². The molecule has 0 radical (unpaired) electrons. The summed E-state index contributed by atoms with van der Waals surface area (Å²) in [4.78, 5) is 22.5. The van der Waals surface area contributed by atoms with Crippen LogP contribution in [0.5, 0.6) is 0 Å². The molecule has 0 bridgehead atoms. The first kappa shape index (κ1) is 15.9. The van der Waals surface area contributed by atoms with Gasteiger partial charge >= 0.3 is 5.97 Å². The molecule has 8 heteroatoms. The van der Waals surface area contributed by atoms with Crippen molar-refractivity contribution in [1.29, 1.82) is 0 Å². The molecule has 0 aliphatic heterocycles. The second-order valence-corrected chi connectivity index (χ2v) is 6.76. The zero-order valence-electron chi connectivity index (χ0n) is 11.8. The summed E-state index contributed by atoms with van der Waals surface area (Å²) in [5.74, 6) is -1.42. The highest BCUT2D eigenvalue weighted by Crippen LogP contribution is 2.24. The first-order valence-electron chi connectivity index (χ1n) is 6.47. The monoisotopic (exact) mass is 322 g/mol. The molecule has 0 aliphatic carbocycles. The third-order valence-electron chi connectivity index (χ3n) is 3.01. The standard InChI is InChI=1S/C14H14N2O5S/c1-2-22(20,21)11-8-12(17)16(9-13(18)19)15-14(11)10-6-4-3-5-7-10/h3-8H,2,9H2,1H3,(H,18,19). The number of hydrogen-bond acceptors (Lipinski definition) is 5. The largest absolute Gasteiger partial charge is 0.480 e. The number of hydrogen-bond donors (Lipinski definition) is 1. The Balaban J connectivity index is 2.77. The van der Waals surface area contributed by atoms with Gasteiger partial charge in [-0.1, -0.05) is 37.3 Å². The molecule has 0 saturated heterocycles. The summed E-state index contributed by atoms with van der Waals surface area (Å²) < 4.78 is 25.1. The molecular formula is C14H14N2O5S. The summed E-state index contributed by atoms with van der Waals surface area (Å²) in [7, 11) is -3.67. The van der Waals surface area contributed by atoms with Crippen LogP contribution in [-0.2, 0) is 21.2 Å². The lowest BCUT2D eigenvalue weighted by atomic mass is 10.1. The zero-order chi connectivity index (χ0) is 16.3. The molecule has 22 heavy (non-hydrogen) atoms. The number of aromatic nitrogens is 2. The lowest BCUT2D eigenvalue weighted by Crippen LogP contribution is -2.28. The van der Waals surface area contributed by atoms with Crippen molar-refractivity contribution in [1.82, 2.24) is 9.78 Å². The number of carboxylic acid groups (broad SMARTS) is 1. The van der Waals surface area contributed by atoms with E-state index in [0.717, 1.165) is 10.7 Å². The van der Waals surface area contributed by atoms with Crippen LogP contribution in [0.25, 0.3) is 11.3 Å². The van der Waals surface area contributed by atoms with Crippen LogP contribution in [0.2, 0.25) is 0 Å². The lowest BCUT2D eigenvalue weighted by molar-refractivity contribution is -0.138. The van der Waals surface area contributed by atoms with Crippen molar-refractivity contribution in [3.63, 3.8) is 0 Å². The van der Waals surface area contributed by atoms with E-state index in [1.165, 1.54) is 6.92 Å². The number of carboxylic acids is 1. The Kier molecular flexibility index (Phi) is 4.41. The summed E-state index contributed by atoms with van der Waals surface area (Å²) >= 11 is 0. The molecule has 1 N–H and O–H groups in total. The zero-order valence-corrected chi connectivity index (χ0v) is 12.6. The van der Waals surface area contributed by atoms with E-state index in [1.54, 1.807) is 30.3 Å². The Morgan fingerprint density at radius 2 is 1.91 bits per heavy atom. The van der Waals surface area contributed by atoms with Crippen molar-refractivity contribution in [2.75, 3.05) is 5.75 Å². The van der Waals surface area contributed by atoms with Crippen molar-refractivity contribution in [3.05, 3.63) is 46.8 Å². The van der Waals surface area contributed by atoms with Crippen LogP contribution in [0.1, 0.15) is 6.92 Å². The smallest absolute Gasteiger partial charge is 0.325 e. The van der Waals surface area contributed by atoms with Crippen LogP contribution in [0, 0.1) is 0 Å². The molecule has 1 aromatic heterocycles. The highest BCUT2D eigenvalue weighted by molar-refractivity contribution is 7.91. The Hall–Kier alpha value is -2.48. The third-order valence-corrected chi connectivity index (χ3v) is 4.75. The van der Waals surface area contributed by atoms with Gasteiger partial charge in [0, 0.05) is 11.6 Å². The van der Waals surface area contributed by atoms with Crippen molar-refractivity contribution in [2.24, 2.45) is 0 Å². The van der Waals surface area contributed by atoms with Crippen molar-refractivity contribution in [2.45, 2.75) is 18.4 Å². The molecule has 116 valence electrons. The maximum atomic E-state index is 12.2. The van der Waals surface area contributed by atoms with Crippen molar-refractivity contribution >= 4 is 15.8 Å². The molecule has 0 unspecified atom stereocenters. The van der Waals surface area contributed by atoms with Crippen LogP contribution in [0.4, 0.5) is 0 Å². The molecule has 0 amide bonds. The van der Waals surface area contributed by atoms with Gasteiger partial charge in [-0.3, -0.25) is 9.59 Å². The highest BCUT2D eigenvalue weighted by atomic mass is 32.2.